The number of aromatic nitrogens is 2. The molecule has 128 valence electrons. The SMILES string of the molecule is Cc1cccnc1CNC(=O)c1cc(CN2CCC(O)CC2)on1. The molecule has 1 aliphatic heterocycles. The van der Waals surface area contributed by atoms with Crippen molar-refractivity contribution in [2.75, 3.05) is 13.1 Å². The standard InChI is InChI=1S/C17H22N4O3/c1-12-3-2-6-18-16(12)10-19-17(23)15-9-14(24-20-15)11-21-7-4-13(22)5-8-21/h2-3,6,9,13,22H,4-5,7-8,10-11H2,1H3,(H,19,23). The van der Waals surface area contributed by atoms with Crippen LogP contribution in [-0.2, 0) is 13.1 Å². The first kappa shape index (κ1) is 16.6. The molecule has 7 heteroatoms. The Hall–Kier alpha value is -2.25. The summed E-state index contributed by atoms with van der Waals surface area (Å²) in [6.07, 6.45) is 3.04. The Bertz CT molecular complexity index is 693. The Morgan fingerprint density at radius 1 is 1.46 bits per heavy atom. The van der Waals surface area contributed by atoms with Crippen LogP contribution in [0.4, 0.5) is 0 Å². The van der Waals surface area contributed by atoms with E-state index in [1.807, 2.05) is 19.1 Å². The van der Waals surface area contributed by atoms with Gasteiger partial charge in [-0.1, -0.05) is 11.2 Å². The van der Waals surface area contributed by atoms with Crippen molar-refractivity contribution >= 4 is 5.91 Å². The Labute approximate surface area is 140 Å². The normalized spacial score (nSPS) is 16.2. The lowest BCUT2D eigenvalue weighted by Crippen LogP contribution is -2.35. The van der Waals surface area contributed by atoms with Gasteiger partial charge in [-0.05, 0) is 31.4 Å². The lowest BCUT2D eigenvalue weighted by Gasteiger charge is -2.28. The fourth-order valence-corrected chi connectivity index (χ4v) is 2.75. The van der Waals surface area contributed by atoms with E-state index >= 15 is 0 Å². The maximum atomic E-state index is 12.2. The zero-order valence-electron chi connectivity index (χ0n) is 13.7. The van der Waals surface area contributed by atoms with Crippen LogP contribution in [-0.4, -0.2) is 45.2 Å². The Kier molecular flexibility index (Phi) is 5.22. The van der Waals surface area contributed by atoms with Crippen molar-refractivity contribution in [3.8, 4) is 0 Å². The summed E-state index contributed by atoms with van der Waals surface area (Å²) in [4.78, 5) is 18.6. The van der Waals surface area contributed by atoms with Crippen molar-refractivity contribution in [1.82, 2.24) is 20.4 Å². The molecule has 0 atom stereocenters. The molecule has 3 rings (SSSR count). The van der Waals surface area contributed by atoms with E-state index in [2.05, 4.69) is 20.4 Å². The highest BCUT2D eigenvalue weighted by Crippen LogP contribution is 2.14. The number of nitrogens with one attached hydrogen (secondary N) is 1. The number of hydrogen-bond donors (Lipinski definition) is 2. The van der Waals surface area contributed by atoms with Crippen LogP contribution in [0.2, 0.25) is 0 Å². The predicted molar refractivity (Wildman–Crippen MR) is 87.2 cm³/mol. The van der Waals surface area contributed by atoms with Gasteiger partial charge in [0.05, 0.1) is 24.9 Å². The minimum Gasteiger partial charge on any atom is -0.393 e. The molecule has 0 radical (unpaired) electrons. The Morgan fingerprint density at radius 3 is 3.00 bits per heavy atom. The molecule has 2 aromatic heterocycles. The van der Waals surface area contributed by atoms with Gasteiger partial charge in [-0.25, -0.2) is 0 Å². The average Bonchev–Trinajstić information content (AvgIpc) is 3.05. The molecule has 2 aromatic rings. The molecule has 1 amide bonds. The molecule has 1 fully saturated rings. The van der Waals surface area contributed by atoms with Crippen LogP contribution < -0.4 is 5.32 Å². The topological polar surface area (TPSA) is 91.5 Å². The van der Waals surface area contributed by atoms with Gasteiger partial charge in [0.25, 0.3) is 5.91 Å². The monoisotopic (exact) mass is 330 g/mol. The molecule has 0 unspecified atom stereocenters. The lowest BCUT2D eigenvalue weighted by molar-refractivity contribution is 0.0748. The molecule has 1 saturated heterocycles. The molecule has 1 aliphatic rings. The molecule has 2 N–H and O–H groups in total. The minimum absolute atomic E-state index is 0.202. The van der Waals surface area contributed by atoms with Gasteiger partial charge in [0.15, 0.2) is 11.5 Å². The van der Waals surface area contributed by atoms with Crippen molar-refractivity contribution in [3.05, 3.63) is 47.1 Å². The van der Waals surface area contributed by atoms with E-state index in [1.165, 1.54) is 0 Å². The summed E-state index contributed by atoms with van der Waals surface area (Å²) < 4.78 is 5.26. The number of pyridine rings is 1. The first-order chi connectivity index (χ1) is 11.6. The third-order valence-electron chi connectivity index (χ3n) is 4.26. The number of nitrogens with zero attached hydrogens (tertiary/aromatic N) is 3. The number of likely N-dealkylation sites (tertiary alicyclic amines) is 1. The van der Waals surface area contributed by atoms with Gasteiger partial charge in [0.2, 0.25) is 0 Å². The van der Waals surface area contributed by atoms with Crippen molar-refractivity contribution < 1.29 is 14.4 Å². The van der Waals surface area contributed by atoms with Gasteiger partial charge in [0, 0.05) is 25.4 Å². The molecule has 0 aromatic carbocycles. The number of carbonyl (C=O) groups excluding carboxylic acids is 1. The van der Waals surface area contributed by atoms with Gasteiger partial charge < -0.3 is 14.9 Å². The number of aliphatic hydroxyl groups excluding tert-OH is 1. The van der Waals surface area contributed by atoms with E-state index in [9.17, 15) is 9.90 Å². The second-order valence-electron chi connectivity index (χ2n) is 6.14. The van der Waals surface area contributed by atoms with Crippen molar-refractivity contribution in [2.24, 2.45) is 0 Å². The highest BCUT2D eigenvalue weighted by atomic mass is 16.5. The molecular formula is C17H22N4O3. The molecular weight excluding hydrogens is 308 g/mol. The quantitative estimate of drug-likeness (QED) is 0.858. The van der Waals surface area contributed by atoms with Gasteiger partial charge in [-0.15, -0.1) is 0 Å². The summed E-state index contributed by atoms with van der Waals surface area (Å²) in [6, 6.07) is 5.49. The minimum atomic E-state index is -0.274. The van der Waals surface area contributed by atoms with Crippen LogP contribution in [0.25, 0.3) is 0 Å². The molecule has 7 nitrogen and oxygen atoms in total. The Balaban J connectivity index is 1.53. The maximum Gasteiger partial charge on any atom is 0.273 e. The van der Waals surface area contributed by atoms with Crippen LogP contribution in [0.3, 0.4) is 0 Å². The highest BCUT2D eigenvalue weighted by molar-refractivity contribution is 5.92. The lowest BCUT2D eigenvalue weighted by atomic mass is 10.1. The summed E-state index contributed by atoms with van der Waals surface area (Å²) >= 11 is 0. The Morgan fingerprint density at radius 2 is 2.25 bits per heavy atom. The average molecular weight is 330 g/mol. The second-order valence-corrected chi connectivity index (χ2v) is 6.14. The van der Waals surface area contributed by atoms with Gasteiger partial charge in [-0.3, -0.25) is 14.7 Å². The molecule has 24 heavy (non-hydrogen) atoms. The largest absolute Gasteiger partial charge is 0.393 e. The van der Waals surface area contributed by atoms with E-state index in [0.29, 0.717) is 18.8 Å². The number of amides is 1. The number of carbonyl (C=O) groups is 1. The highest BCUT2D eigenvalue weighted by Gasteiger charge is 2.19. The third-order valence-corrected chi connectivity index (χ3v) is 4.26. The number of aliphatic hydroxyl groups is 1. The molecule has 0 bridgehead atoms. The molecule has 0 saturated carbocycles. The molecule has 3 heterocycles. The number of aryl methyl sites for hydroxylation is 1. The van der Waals surface area contributed by atoms with Crippen molar-refractivity contribution in [1.29, 1.82) is 0 Å². The summed E-state index contributed by atoms with van der Waals surface area (Å²) in [7, 11) is 0. The first-order valence-corrected chi connectivity index (χ1v) is 8.16. The van der Waals surface area contributed by atoms with Crippen LogP contribution >= 0.6 is 0 Å². The third kappa shape index (κ3) is 4.18. The van der Waals surface area contributed by atoms with Crippen molar-refractivity contribution in [2.45, 2.75) is 39.0 Å². The van der Waals surface area contributed by atoms with E-state index in [1.54, 1.807) is 12.3 Å². The summed E-state index contributed by atoms with van der Waals surface area (Å²) in [5.41, 5.74) is 2.14. The first-order valence-electron chi connectivity index (χ1n) is 8.16. The van der Waals surface area contributed by atoms with E-state index in [4.69, 9.17) is 4.52 Å². The molecule has 0 aliphatic carbocycles. The number of hydrogen-bond acceptors (Lipinski definition) is 6. The van der Waals surface area contributed by atoms with Gasteiger partial charge >= 0.3 is 0 Å². The van der Waals surface area contributed by atoms with Gasteiger partial charge in [0.1, 0.15) is 0 Å². The second kappa shape index (κ2) is 7.55. The summed E-state index contributed by atoms with van der Waals surface area (Å²) in [6.45, 7) is 4.56. The smallest absolute Gasteiger partial charge is 0.273 e. The van der Waals surface area contributed by atoms with E-state index in [0.717, 1.165) is 37.2 Å². The fraction of sp³-hybridized carbons (Fsp3) is 0.471. The summed E-state index contributed by atoms with van der Waals surface area (Å²) in [5, 5.41) is 16.2. The van der Waals surface area contributed by atoms with Crippen LogP contribution in [0, 0.1) is 6.92 Å². The van der Waals surface area contributed by atoms with Crippen LogP contribution in [0.15, 0.2) is 28.9 Å². The van der Waals surface area contributed by atoms with Crippen LogP contribution in [0.5, 0.6) is 0 Å². The van der Waals surface area contributed by atoms with Gasteiger partial charge in [-0.2, -0.15) is 0 Å². The maximum absolute atomic E-state index is 12.2. The van der Waals surface area contributed by atoms with Crippen molar-refractivity contribution in [3.63, 3.8) is 0 Å². The zero-order valence-corrected chi connectivity index (χ0v) is 13.7. The predicted octanol–water partition coefficient (Wildman–Crippen LogP) is 1.26. The fourth-order valence-electron chi connectivity index (χ4n) is 2.75. The zero-order chi connectivity index (χ0) is 16.9. The number of piperidine rings is 1. The van der Waals surface area contributed by atoms with E-state index in [-0.39, 0.29) is 17.7 Å². The summed E-state index contributed by atoms with van der Waals surface area (Å²) in [5.74, 6) is 0.384. The number of rotatable bonds is 5. The molecule has 0 spiro atoms. The van der Waals surface area contributed by atoms with E-state index < -0.39 is 0 Å². The van der Waals surface area contributed by atoms with Crippen LogP contribution in [0.1, 0.15) is 40.3 Å².